The molecule has 0 fully saturated rings. The number of rotatable bonds is 8. The molecule has 0 radical (unpaired) electrons. The lowest BCUT2D eigenvalue weighted by molar-refractivity contribution is 0.0976. The number of hydrogen-bond donors (Lipinski definition) is 3. The number of ether oxygens (including phenoxy) is 3. The van der Waals surface area contributed by atoms with Crippen LogP contribution in [0.2, 0.25) is 5.02 Å². The average Bonchev–Trinajstić information content (AvgIpc) is 3.28. The zero-order valence-corrected chi connectivity index (χ0v) is 22.6. The first-order valence-electron chi connectivity index (χ1n) is 11.8. The topological polar surface area (TPSA) is 123 Å². The highest BCUT2D eigenvalue weighted by Crippen LogP contribution is 2.38. The molecule has 11 heteroatoms. The molecule has 2 heterocycles. The Balaban J connectivity index is 1.60. The highest BCUT2D eigenvalue weighted by Gasteiger charge is 2.18. The number of fused-ring (bicyclic) bond motifs is 1. The van der Waals surface area contributed by atoms with Gasteiger partial charge in [0.25, 0.3) is 5.91 Å². The quantitative estimate of drug-likeness (QED) is 0.220. The molecule has 3 N–H and O–H groups in total. The number of aromatic nitrogens is 3. The van der Waals surface area contributed by atoms with Crippen LogP contribution in [0.5, 0.6) is 17.2 Å². The summed E-state index contributed by atoms with van der Waals surface area (Å²) in [5.74, 6) is 1.20. The number of aliphatic imine (C=N–C) groups is 1. The van der Waals surface area contributed by atoms with Gasteiger partial charge in [0.2, 0.25) is 17.7 Å². The Labute approximate surface area is 225 Å². The Kier molecular flexibility index (Phi) is 8.32. The molecule has 10 nitrogen and oxygen atoms in total. The minimum Gasteiger partial charge on any atom is -0.493 e. The maximum atomic E-state index is 13.3. The number of halogens is 1. The normalized spacial score (nSPS) is 11.4. The first-order chi connectivity index (χ1) is 18.3. The second kappa shape index (κ2) is 11.8. The summed E-state index contributed by atoms with van der Waals surface area (Å²) in [5.41, 5.74) is 3.91. The molecule has 1 amide bonds. The molecule has 0 saturated carbocycles. The number of benzene rings is 2. The van der Waals surface area contributed by atoms with Crippen LogP contribution in [0.3, 0.4) is 0 Å². The first-order valence-corrected chi connectivity index (χ1v) is 12.2. The molecule has 198 valence electrons. The van der Waals surface area contributed by atoms with Gasteiger partial charge in [0.15, 0.2) is 11.5 Å². The molecule has 0 saturated heterocycles. The number of H-pyrrole nitrogens is 1. The van der Waals surface area contributed by atoms with Gasteiger partial charge in [-0.25, -0.2) is 9.97 Å². The lowest BCUT2D eigenvalue weighted by Gasteiger charge is -2.15. The fraction of sp³-hybridized carbons (Fsp3) is 0.259. The standard InChI is InChI=1S/C27H29ClN6O4/c1-15-10-16(2)32-27(31-15)34-26(29-9-8-17-14-30-21-7-6-19(28)13-20(17)21)33-25(35)18-11-22(36-3)24(38-5)23(12-18)37-4/h6-7,10-14,30H,8-9H2,1-5H3,(H2,29,31,32,33,34,35). The van der Waals surface area contributed by atoms with Gasteiger partial charge in [-0.1, -0.05) is 11.6 Å². The molecular formula is C27H29ClN6O4. The summed E-state index contributed by atoms with van der Waals surface area (Å²) in [7, 11) is 4.48. The zero-order chi connectivity index (χ0) is 27.2. The molecule has 4 rings (SSSR count). The number of carbonyl (C=O) groups is 1. The third-order valence-electron chi connectivity index (χ3n) is 5.75. The Morgan fingerprint density at radius 2 is 1.68 bits per heavy atom. The summed E-state index contributed by atoms with van der Waals surface area (Å²) in [4.78, 5) is 30.0. The van der Waals surface area contributed by atoms with Crippen molar-refractivity contribution in [3.8, 4) is 17.2 Å². The van der Waals surface area contributed by atoms with Crippen LogP contribution in [0.1, 0.15) is 27.3 Å². The van der Waals surface area contributed by atoms with Gasteiger partial charge in [-0.2, -0.15) is 0 Å². The first kappa shape index (κ1) is 26.7. The summed E-state index contributed by atoms with van der Waals surface area (Å²) in [6, 6.07) is 10.7. The lowest BCUT2D eigenvalue weighted by Crippen LogP contribution is -2.37. The maximum Gasteiger partial charge on any atom is 0.258 e. The number of aromatic amines is 1. The van der Waals surface area contributed by atoms with Gasteiger partial charge in [-0.3, -0.25) is 20.4 Å². The van der Waals surface area contributed by atoms with Gasteiger partial charge >= 0.3 is 0 Å². The molecule has 0 spiro atoms. The molecule has 0 bridgehead atoms. The van der Waals surface area contributed by atoms with Gasteiger partial charge in [0.1, 0.15) is 0 Å². The van der Waals surface area contributed by atoms with Crippen LogP contribution < -0.4 is 24.8 Å². The van der Waals surface area contributed by atoms with E-state index in [1.54, 1.807) is 12.1 Å². The molecule has 0 aliphatic heterocycles. The SMILES string of the molecule is COc1cc(C(=O)NC(=NCCc2c[nH]c3ccc(Cl)cc23)Nc2nc(C)cc(C)n2)cc(OC)c1OC. The predicted octanol–water partition coefficient (Wildman–Crippen LogP) is 4.69. The van der Waals surface area contributed by atoms with Gasteiger partial charge in [-0.15, -0.1) is 0 Å². The number of guanidine groups is 1. The smallest absolute Gasteiger partial charge is 0.258 e. The van der Waals surface area contributed by atoms with E-state index in [0.29, 0.717) is 46.7 Å². The van der Waals surface area contributed by atoms with Crippen LogP contribution in [0.15, 0.2) is 47.6 Å². The van der Waals surface area contributed by atoms with Crippen LogP contribution in [0.4, 0.5) is 5.95 Å². The van der Waals surface area contributed by atoms with Crippen LogP contribution in [-0.2, 0) is 6.42 Å². The average molecular weight is 537 g/mol. The van der Waals surface area contributed by atoms with Gasteiger partial charge in [0.05, 0.1) is 21.3 Å². The number of nitrogens with zero attached hydrogens (tertiary/aromatic N) is 3. The molecule has 0 unspecified atom stereocenters. The van der Waals surface area contributed by atoms with Gasteiger partial charge < -0.3 is 19.2 Å². The number of carbonyl (C=O) groups excluding carboxylic acids is 1. The molecule has 0 aliphatic carbocycles. The number of hydrogen-bond acceptors (Lipinski definition) is 7. The summed E-state index contributed by atoms with van der Waals surface area (Å²) < 4.78 is 16.1. The van der Waals surface area contributed by atoms with Crippen molar-refractivity contribution in [3.63, 3.8) is 0 Å². The summed E-state index contributed by atoms with van der Waals surface area (Å²) >= 11 is 6.19. The van der Waals surface area contributed by atoms with Crippen molar-refractivity contribution < 1.29 is 19.0 Å². The van der Waals surface area contributed by atoms with E-state index >= 15 is 0 Å². The van der Waals surface area contributed by atoms with E-state index in [1.807, 2.05) is 44.3 Å². The number of methoxy groups -OCH3 is 3. The summed E-state index contributed by atoms with van der Waals surface area (Å²) in [6.45, 7) is 4.11. The van der Waals surface area contributed by atoms with Gasteiger partial charge in [0, 0.05) is 45.6 Å². The highest BCUT2D eigenvalue weighted by molar-refractivity contribution is 6.31. The van der Waals surface area contributed by atoms with Crippen LogP contribution in [0.25, 0.3) is 10.9 Å². The second-order valence-electron chi connectivity index (χ2n) is 8.45. The van der Waals surface area contributed by atoms with E-state index in [4.69, 9.17) is 25.8 Å². The number of nitrogens with one attached hydrogen (secondary N) is 3. The fourth-order valence-corrected chi connectivity index (χ4v) is 4.21. The second-order valence-corrected chi connectivity index (χ2v) is 8.89. The van der Waals surface area contributed by atoms with Crippen LogP contribution >= 0.6 is 11.6 Å². The monoisotopic (exact) mass is 536 g/mol. The summed E-state index contributed by atoms with van der Waals surface area (Å²) in [5, 5.41) is 7.56. The van der Waals surface area contributed by atoms with E-state index in [0.717, 1.165) is 27.9 Å². The third kappa shape index (κ3) is 6.15. The Bertz CT molecular complexity index is 1460. The van der Waals surface area contributed by atoms with Crippen LogP contribution in [-0.4, -0.2) is 54.7 Å². The maximum absolute atomic E-state index is 13.3. The van der Waals surface area contributed by atoms with E-state index < -0.39 is 5.91 Å². The van der Waals surface area contributed by atoms with Crippen molar-refractivity contribution in [2.45, 2.75) is 20.3 Å². The zero-order valence-electron chi connectivity index (χ0n) is 21.8. The van der Waals surface area contributed by atoms with Crippen molar-refractivity contribution in [3.05, 3.63) is 70.1 Å². The molecule has 2 aromatic carbocycles. The van der Waals surface area contributed by atoms with Crippen molar-refractivity contribution in [2.24, 2.45) is 4.99 Å². The van der Waals surface area contributed by atoms with E-state index in [2.05, 4.69) is 30.6 Å². The number of amides is 1. The lowest BCUT2D eigenvalue weighted by atomic mass is 10.1. The van der Waals surface area contributed by atoms with Crippen molar-refractivity contribution >= 4 is 40.3 Å². The van der Waals surface area contributed by atoms with Crippen molar-refractivity contribution in [1.29, 1.82) is 0 Å². The highest BCUT2D eigenvalue weighted by atomic mass is 35.5. The van der Waals surface area contributed by atoms with Crippen LogP contribution in [0, 0.1) is 13.8 Å². The predicted molar refractivity (Wildman–Crippen MR) is 148 cm³/mol. The van der Waals surface area contributed by atoms with Gasteiger partial charge in [-0.05, 0) is 62.2 Å². The third-order valence-corrected chi connectivity index (χ3v) is 5.99. The Morgan fingerprint density at radius 3 is 2.32 bits per heavy atom. The minimum absolute atomic E-state index is 0.201. The van der Waals surface area contributed by atoms with Crippen molar-refractivity contribution in [2.75, 3.05) is 33.2 Å². The molecule has 0 aliphatic rings. The van der Waals surface area contributed by atoms with E-state index in [-0.39, 0.29) is 5.96 Å². The Morgan fingerprint density at radius 1 is 1.00 bits per heavy atom. The fourth-order valence-electron chi connectivity index (χ4n) is 4.04. The van der Waals surface area contributed by atoms with Crippen molar-refractivity contribution in [1.82, 2.24) is 20.3 Å². The molecule has 4 aromatic rings. The minimum atomic E-state index is -0.432. The largest absolute Gasteiger partial charge is 0.493 e. The molecular weight excluding hydrogens is 508 g/mol. The summed E-state index contributed by atoms with van der Waals surface area (Å²) in [6.07, 6.45) is 2.55. The molecule has 0 atom stereocenters. The molecule has 38 heavy (non-hydrogen) atoms. The number of aryl methyl sites for hydroxylation is 2. The number of anilines is 1. The van der Waals surface area contributed by atoms with E-state index in [1.165, 1.54) is 21.3 Å². The molecule has 2 aromatic heterocycles. The van der Waals surface area contributed by atoms with E-state index in [9.17, 15) is 4.79 Å². The Hall–Kier alpha value is -4.31.